The van der Waals surface area contributed by atoms with Crippen molar-refractivity contribution < 1.29 is 23.1 Å². The molecule has 0 fully saturated rings. The Bertz CT molecular complexity index is 942. The van der Waals surface area contributed by atoms with Gasteiger partial charge in [-0.05, 0) is 44.2 Å². The number of ether oxygens (including phenoxy) is 2. The van der Waals surface area contributed by atoms with Crippen LogP contribution < -0.4 is 14.8 Å². The van der Waals surface area contributed by atoms with Crippen LogP contribution in [0.2, 0.25) is 0 Å². The summed E-state index contributed by atoms with van der Waals surface area (Å²) in [6, 6.07) is 10.7. The highest BCUT2D eigenvalue weighted by Crippen LogP contribution is 2.32. The van der Waals surface area contributed by atoms with Crippen molar-refractivity contribution in [1.82, 2.24) is 10.2 Å². The molecule has 0 saturated heterocycles. The van der Waals surface area contributed by atoms with Gasteiger partial charge in [-0.15, -0.1) is 5.10 Å². The van der Waals surface area contributed by atoms with Crippen molar-refractivity contribution in [2.24, 2.45) is 0 Å². The summed E-state index contributed by atoms with van der Waals surface area (Å²) in [4.78, 5) is 12.1. The van der Waals surface area contributed by atoms with Gasteiger partial charge in [0.05, 0.1) is 18.8 Å². The van der Waals surface area contributed by atoms with E-state index < -0.39 is 11.7 Å². The summed E-state index contributed by atoms with van der Waals surface area (Å²) in [7, 11) is 0. The number of aromatic nitrogens is 2. The average Bonchev–Trinajstić information content (AvgIpc) is 3.12. The van der Waals surface area contributed by atoms with E-state index in [2.05, 4.69) is 15.5 Å². The Kier molecular flexibility index (Phi) is 5.65. The van der Waals surface area contributed by atoms with Crippen molar-refractivity contribution >= 4 is 11.9 Å². The molecule has 1 heterocycles. The summed E-state index contributed by atoms with van der Waals surface area (Å²) in [5, 5.41) is 10.1. The predicted octanol–water partition coefficient (Wildman–Crippen LogP) is 3.93. The molecule has 0 unspecified atom stereocenters. The topological polar surface area (TPSA) is 86.5 Å². The number of hydrogen-bond donors (Lipinski definition) is 1. The van der Waals surface area contributed by atoms with Crippen molar-refractivity contribution in [1.29, 1.82) is 0 Å². The van der Waals surface area contributed by atoms with E-state index in [-0.39, 0.29) is 17.5 Å². The Morgan fingerprint density at radius 1 is 1.07 bits per heavy atom. The second-order valence-electron chi connectivity index (χ2n) is 5.37. The van der Waals surface area contributed by atoms with Crippen LogP contribution >= 0.6 is 0 Å². The number of nitrogens with zero attached hydrogens (tertiary/aromatic N) is 2. The number of amides is 1. The zero-order chi connectivity index (χ0) is 19.2. The standard InChI is InChI=1S/C19H18FN3O4/c1-3-25-15-10-9-12(11-16(15)26-4-2)18-22-23-19(27-18)21-17(24)13-7-5-6-8-14(13)20/h5-11H,3-4H2,1-2H3,(H,21,23,24). The molecule has 0 saturated carbocycles. The summed E-state index contributed by atoms with van der Waals surface area (Å²) in [6.45, 7) is 4.72. The molecule has 1 aromatic heterocycles. The van der Waals surface area contributed by atoms with Crippen LogP contribution in [0.3, 0.4) is 0 Å². The molecule has 3 rings (SSSR count). The number of nitrogens with one attached hydrogen (secondary N) is 1. The third-order valence-electron chi connectivity index (χ3n) is 3.55. The molecule has 0 bridgehead atoms. The van der Waals surface area contributed by atoms with Gasteiger partial charge in [-0.1, -0.05) is 17.2 Å². The highest BCUT2D eigenvalue weighted by atomic mass is 19.1. The Morgan fingerprint density at radius 3 is 2.56 bits per heavy atom. The normalized spacial score (nSPS) is 10.5. The number of anilines is 1. The van der Waals surface area contributed by atoms with Gasteiger partial charge in [0.1, 0.15) is 5.82 Å². The second-order valence-corrected chi connectivity index (χ2v) is 5.37. The highest BCUT2D eigenvalue weighted by Gasteiger charge is 2.16. The molecule has 0 aliphatic rings. The first-order valence-corrected chi connectivity index (χ1v) is 8.41. The highest BCUT2D eigenvalue weighted by molar-refractivity contribution is 6.03. The lowest BCUT2D eigenvalue weighted by Crippen LogP contribution is -2.13. The number of hydrogen-bond acceptors (Lipinski definition) is 6. The second kappa shape index (κ2) is 8.31. The number of rotatable bonds is 7. The van der Waals surface area contributed by atoms with Crippen LogP contribution in [0.4, 0.5) is 10.4 Å². The van der Waals surface area contributed by atoms with Gasteiger partial charge in [-0.3, -0.25) is 10.1 Å². The lowest BCUT2D eigenvalue weighted by Gasteiger charge is -2.11. The molecular weight excluding hydrogens is 353 g/mol. The molecule has 3 aromatic rings. The van der Waals surface area contributed by atoms with Crippen LogP contribution in [0.25, 0.3) is 11.5 Å². The smallest absolute Gasteiger partial charge is 0.322 e. The van der Waals surface area contributed by atoms with Crippen molar-refractivity contribution in [3.05, 3.63) is 53.8 Å². The Balaban J connectivity index is 1.80. The van der Waals surface area contributed by atoms with Gasteiger partial charge in [0.15, 0.2) is 11.5 Å². The van der Waals surface area contributed by atoms with Crippen LogP contribution in [-0.4, -0.2) is 29.3 Å². The van der Waals surface area contributed by atoms with Crippen LogP contribution in [0.1, 0.15) is 24.2 Å². The van der Waals surface area contributed by atoms with Gasteiger partial charge in [0.2, 0.25) is 5.89 Å². The van der Waals surface area contributed by atoms with Crippen molar-refractivity contribution in [2.75, 3.05) is 18.5 Å². The zero-order valence-corrected chi connectivity index (χ0v) is 14.9. The van der Waals surface area contributed by atoms with Crippen LogP contribution in [-0.2, 0) is 0 Å². The van der Waals surface area contributed by atoms with Crippen molar-refractivity contribution in [3.8, 4) is 23.0 Å². The number of benzene rings is 2. The van der Waals surface area contributed by atoms with Crippen molar-refractivity contribution in [3.63, 3.8) is 0 Å². The molecule has 27 heavy (non-hydrogen) atoms. The summed E-state index contributed by atoms with van der Waals surface area (Å²) >= 11 is 0. The van der Waals surface area contributed by atoms with E-state index in [1.54, 1.807) is 24.3 Å². The lowest BCUT2D eigenvalue weighted by atomic mass is 10.2. The van der Waals surface area contributed by atoms with Crippen LogP contribution in [0, 0.1) is 5.82 Å². The van der Waals surface area contributed by atoms with Crippen molar-refractivity contribution in [2.45, 2.75) is 13.8 Å². The van der Waals surface area contributed by atoms with E-state index in [9.17, 15) is 9.18 Å². The maximum Gasteiger partial charge on any atom is 0.322 e. The predicted molar refractivity (Wildman–Crippen MR) is 96.4 cm³/mol. The maximum absolute atomic E-state index is 13.7. The van der Waals surface area contributed by atoms with Crippen LogP contribution in [0.15, 0.2) is 46.9 Å². The first kappa shape index (κ1) is 18.4. The molecule has 140 valence electrons. The fourth-order valence-corrected chi connectivity index (χ4v) is 2.38. The van der Waals surface area contributed by atoms with Gasteiger partial charge in [-0.25, -0.2) is 4.39 Å². The molecule has 2 aromatic carbocycles. The molecule has 7 nitrogen and oxygen atoms in total. The maximum atomic E-state index is 13.7. The minimum absolute atomic E-state index is 0.114. The first-order valence-electron chi connectivity index (χ1n) is 8.41. The summed E-state index contributed by atoms with van der Waals surface area (Å²) < 4.78 is 30.2. The molecule has 1 N–H and O–H groups in total. The molecule has 0 spiro atoms. The zero-order valence-electron chi connectivity index (χ0n) is 14.9. The molecule has 0 aliphatic carbocycles. The van der Waals surface area contributed by atoms with Gasteiger partial charge in [0.25, 0.3) is 5.91 Å². The van der Waals surface area contributed by atoms with E-state index in [4.69, 9.17) is 13.9 Å². The van der Waals surface area contributed by atoms with Gasteiger partial charge < -0.3 is 13.9 Å². The van der Waals surface area contributed by atoms with E-state index in [1.807, 2.05) is 13.8 Å². The molecule has 0 atom stereocenters. The summed E-state index contributed by atoms with van der Waals surface area (Å²) in [6.07, 6.45) is 0. The first-order chi connectivity index (χ1) is 13.1. The van der Waals surface area contributed by atoms with Gasteiger partial charge in [0, 0.05) is 5.56 Å². The minimum Gasteiger partial charge on any atom is -0.490 e. The lowest BCUT2D eigenvalue weighted by molar-refractivity contribution is 0.102. The third kappa shape index (κ3) is 4.22. The SMILES string of the molecule is CCOc1ccc(-c2nnc(NC(=O)c3ccccc3F)o2)cc1OCC. The Hall–Kier alpha value is -3.42. The summed E-state index contributed by atoms with van der Waals surface area (Å²) in [5.74, 6) is 0.0260. The number of carbonyl (C=O) groups is 1. The number of halogens is 1. The molecule has 0 aliphatic heterocycles. The average molecular weight is 371 g/mol. The fraction of sp³-hybridized carbons (Fsp3) is 0.211. The van der Waals surface area contributed by atoms with E-state index in [1.165, 1.54) is 18.2 Å². The number of carbonyl (C=O) groups excluding carboxylic acids is 1. The Labute approximate surface area is 155 Å². The molecule has 0 radical (unpaired) electrons. The molecule has 8 heteroatoms. The quantitative estimate of drug-likeness (QED) is 0.677. The monoisotopic (exact) mass is 371 g/mol. The minimum atomic E-state index is -0.676. The molecular formula is C19H18FN3O4. The van der Waals surface area contributed by atoms with Crippen LogP contribution in [0.5, 0.6) is 11.5 Å². The van der Waals surface area contributed by atoms with E-state index in [0.29, 0.717) is 30.3 Å². The largest absolute Gasteiger partial charge is 0.490 e. The third-order valence-corrected chi connectivity index (χ3v) is 3.55. The van der Waals surface area contributed by atoms with Gasteiger partial charge in [-0.2, -0.15) is 0 Å². The van der Waals surface area contributed by atoms with Gasteiger partial charge >= 0.3 is 6.01 Å². The van der Waals surface area contributed by atoms with E-state index in [0.717, 1.165) is 0 Å². The molecule has 1 amide bonds. The fourth-order valence-electron chi connectivity index (χ4n) is 2.38. The summed E-state index contributed by atoms with van der Waals surface area (Å²) in [5.41, 5.74) is 0.484. The Morgan fingerprint density at radius 2 is 1.81 bits per heavy atom. The van der Waals surface area contributed by atoms with E-state index >= 15 is 0 Å².